The summed E-state index contributed by atoms with van der Waals surface area (Å²) in [4.78, 5) is 2.26. The molecule has 3 N–H and O–H groups in total. The highest BCUT2D eigenvalue weighted by Crippen LogP contribution is 2.23. The van der Waals surface area contributed by atoms with Gasteiger partial charge in [0.1, 0.15) is 0 Å². The van der Waals surface area contributed by atoms with Gasteiger partial charge in [-0.25, -0.2) is 0 Å². The summed E-state index contributed by atoms with van der Waals surface area (Å²) >= 11 is 0. The molecule has 0 aromatic carbocycles. The first-order valence-corrected chi connectivity index (χ1v) is 4.17. The number of hydrogen-bond donors (Lipinski definition) is 2. The predicted octanol–water partition coefficient (Wildman–Crippen LogP) is -0.352. The van der Waals surface area contributed by atoms with E-state index in [1.54, 1.807) is 0 Å². The second-order valence-corrected chi connectivity index (χ2v) is 3.80. The van der Waals surface area contributed by atoms with Gasteiger partial charge in [0.05, 0.1) is 6.61 Å². The van der Waals surface area contributed by atoms with Crippen LogP contribution in [0.1, 0.15) is 13.3 Å². The van der Waals surface area contributed by atoms with Crippen LogP contribution in [0.3, 0.4) is 0 Å². The summed E-state index contributed by atoms with van der Waals surface area (Å²) in [6.07, 6.45) is 0.904. The molecule has 3 nitrogen and oxygen atoms in total. The molecule has 0 aromatic rings. The van der Waals surface area contributed by atoms with E-state index in [4.69, 9.17) is 10.8 Å². The Hall–Kier alpha value is -0.120. The van der Waals surface area contributed by atoms with E-state index in [0.29, 0.717) is 5.92 Å². The van der Waals surface area contributed by atoms with Gasteiger partial charge in [-0.15, -0.1) is 0 Å². The van der Waals surface area contributed by atoms with E-state index in [-0.39, 0.29) is 12.1 Å². The molecular weight excluding hydrogens is 140 g/mol. The maximum Gasteiger partial charge on any atom is 0.0614 e. The molecule has 1 heterocycles. The van der Waals surface area contributed by atoms with Gasteiger partial charge >= 0.3 is 0 Å². The SMILES string of the molecule is CC1CN(C)CCC1(N)CO. The summed E-state index contributed by atoms with van der Waals surface area (Å²) < 4.78 is 0. The molecule has 2 unspecified atom stereocenters. The lowest BCUT2D eigenvalue weighted by Crippen LogP contribution is -2.57. The van der Waals surface area contributed by atoms with Crippen LogP contribution in [0.4, 0.5) is 0 Å². The molecule has 0 bridgehead atoms. The number of nitrogens with two attached hydrogens (primary N) is 1. The highest BCUT2D eigenvalue weighted by Gasteiger charge is 2.35. The number of hydrogen-bond acceptors (Lipinski definition) is 3. The van der Waals surface area contributed by atoms with Crippen molar-refractivity contribution in [3.05, 3.63) is 0 Å². The van der Waals surface area contributed by atoms with Crippen LogP contribution in [0.15, 0.2) is 0 Å². The summed E-state index contributed by atoms with van der Waals surface area (Å²) in [6, 6.07) is 0. The average Bonchev–Trinajstić information content (AvgIpc) is 1.98. The molecule has 0 aromatic heterocycles. The molecule has 1 rings (SSSR count). The minimum absolute atomic E-state index is 0.113. The Kier molecular flexibility index (Phi) is 2.52. The first-order chi connectivity index (χ1) is 5.08. The first-order valence-electron chi connectivity index (χ1n) is 4.17. The lowest BCUT2D eigenvalue weighted by Gasteiger charge is -2.41. The standard InChI is InChI=1S/C8H18N2O/c1-7-5-10(2)4-3-8(7,9)6-11/h7,11H,3-6,9H2,1-2H3. The van der Waals surface area contributed by atoms with Crippen LogP contribution in [0.2, 0.25) is 0 Å². The fourth-order valence-corrected chi connectivity index (χ4v) is 1.62. The summed E-state index contributed by atoms with van der Waals surface area (Å²) in [5, 5.41) is 9.06. The Balaban J connectivity index is 2.56. The number of piperidine rings is 1. The third-order valence-electron chi connectivity index (χ3n) is 2.82. The average molecular weight is 158 g/mol. The smallest absolute Gasteiger partial charge is 0.0614 e. The van der Waals surface area contributed by atoms with Crippen molar-refractivity contribution >= 4 is 0 Å². The Morgan fingerprint density at radius 3 is 2.82 bits per heavy atom. The van der Waals surface area contributed by atoms with E-state index in [9.17, 15) is 0 Å². The molecular formula is C8H18N2O. The maximum atomic E-state index is 9.06. The van der Waals surface area contributed by atoms with Gasteiger partial charge < -0.3 is 15.7 Å². The number of likely N-dealkylation sites (tertiary alicyclic amines) is 1. The molecule has 1 fully saturated rings. The molecule has 2 atom stereocenters. The third-order valence-corrected chi connectivity index (χ3v) is 2.82. The normalized spacial score (nSPS) is 40.9. The van der Waals surface area contributed by atoms with Crippen molar-refractivity contribution in [3.8, 4) is 0 Å². The lowest BCUT2D eigenvalue weighted by atomic mass is 9.80. The van der Waals surface area contributed by atoms with Crippen LogP contribution in [-0.4, -0.2) is 42.3 Å². The molecule has 0 saturated carbocycles. The molecule has 0 amide bonds. The van der Waals surface area contributed by atoms with Crippen molar-refractivity contribution in [2.45, 2.75) is 18.9 Å². The molecule has 0 spiro atoms. The minimum Gasteiger partial charge on any atom is -0.394 e. The van der Waals surface area contributed by atoms with Crippen molar-refractivity contribution in [2.24, 2.45) is 11.7 Å². The van der Waals surface area contributed by atoms with Crippen molar-refractivity contribution < 1.29 is 5.11 Å². The van der Waals surface area contributed by atoms with Gasteiger partial charge in [0.15, 0.2) is 0 Å². The van der Waals surface area contributed by atoms with Crippen LogP contribution in [0.25, 0.3) is 0 Å². The van der Waals surface area contributed by atoms with Gasteiger partial charge in [-0.2, -0.15) is 0 Å². The quantitative estimate of drug-likeness (QED) is 0.548. The largest absolute Gasteiger partial charge is 0.394 e. The highest BCUT2D eigenvalue weighted by molar-refractivity contribution is 4.93. The fourth-order valence-electron chi connectivity index (χ4n) is 1.62. The molecule has 0 radical (unpaired) electrons. The predicted molar refractivity (Wildman–Crippen MR) is 45.3 cm³/mol. The second-order valence-electron chi connectivity index (χ2n) is 3.80. The van der Waals surface area contributed by atoms with Gasteiger partial charge in [-0.3, -0.25) is 0 Å². The van der Waals surface area contributed by atoms with Gasteiger partial charge in [0.2, 0.25) is 0 Å². The zero-order valence-corrected chi connectivity index (χ0v) is 7.38. The summed E-state index contributed by atoms with van der Waals surface area (Å²) in [5.74, 6) is 0.395. The Morgan fingerprint density at radius 1 is 1.73 bits per heavy atom. The number of aliphatic hydroxyl groups excluding tert-OH is 1. The van der Waals surface area contributed by atoms with E-state index in [0.717, 1.165) is 19.5 Å². The van der Waals surface area contributed by atoms with Crippen LogP contribution in [0.5, 0.6) is 0 Å². The maximum absolute atomic E-state index is 9.06. The Labute approximate surface area is 68.2 Å². The molecule has 3 heteroatoms. The van der Waals surface area contributed by atoms with E-state index in [2.05, 4.69) is 18.9 Å². The van der Waals surface area contributed by atoms with Gasteiger partial charge in [-0.1, -0.05) is 6.92 Å². The van der Waals surface area contributed by atoms with Crippen molar-refractivity contribution in [1.82, 2.24) is 4.90 Å². The van der Waals surface area contributed by atoms with Crippen molar-refractivity contribution in [3.63, 3.8) is 0 Å². The van der Waals surface area contributed by atoms with Crippen LogP contribution < -0.4 is 5.73 Å². The second kappa shape index (κ2) is 3.09. The first kappa shape index (κ1) is 8.97. The molecule has 1 aliphatic heterocycles. The van der Waals surface area contributed by atoms with E-state index in [1.165, 1.54) is 0 Å². The fraction of sp³-hybridized carbons (Fsp3) is 1.00. The highest BCUT2D eigenvalue weighted by atomic mass is 16.3. The number of rotatable bonds is 1. The zero-order chi connectivity index (χ0) is 8.48. The Morgan fingerprint density at radius 2 is 2.36 bits per heavy atom. The molecule has 11 heavy (non-hydrogen) atoms. The van der Waals surface area contributed by atoms with Crippen LogP contribution >= 0.6 is 0 Å². The number of nitrogens with zero attached hydrogens (tertiary/aromatic N) is 1. The molecule has 66 valence electrons. The number of aliphatic hydroxyl groups is 1. The van der Waals surface area contributed by atoms with Crippen molar-refractivity contribution in [2.75, 3.05) is 26.7 Å². The van der Waals surface area contributed by atoms with Crippen molar-refractivity contribution in [1.29, 1.82) is 0 Å². The van der Waals surface area contributed by atoms with E-state index >= 15 is 0 Å². The van der Waals surface area contributed by atoms with Crippen LogP contribution in [0, 0.1) is 5.92 Å². The van der Waals surface area contributed by atoms with Gasteiger partial charge in [0, 0.05) is 12.1 Å². The Bertz CT molecular complexity index is 140. The van der Waals surface area contributed by atoms with E-state index < -0.39 is 0 Å². The summed E-state index contributed by atoms with van der Waals surface area (Å²) in [5.41, 5.74) is 5.66. The summed E-state index contributed by atoms with van der Waals surface area (Å²) in [7, 11) is 2.09. The van der Waals surface area contributed by atoms with Crippen LogP contribution in [-0.2, 0) is 0 Å². The summed E-state index contributed by atoms with van der Waals surface area (Å²) in [6.45, 7) is 4.21. The lowest BCUT2D eigenvalue weighted by molar-refractivity contribution is 0.0708. The molecule has 1 aliphatic rings. The molecule has 1 saturated heterocycles. The topological polar surface area (TPSA) is 49.5 Å². The third kappa shape index (κ3) is 1.72. The van der Waals surface area contributed by atoms with Gasteiger partial charge in [0.25, 0.3) is 0 Å². The zero-order valence-electron chi connectivity index (χ0n) is 7.38. The minimum atomic E-state index is -0.327. The monoisotopic (exact) mass is 158 g/mol. The van der Waals surface area contributed by atoms with E-state index in [1.807, 2.05) is 0 Å². The van der Waals surface area contributed by atoms with Gasteiger partial charge in [-0.05, 0) is 25.9 Å². The molecule has 0 aliphatic carbocycles.